The summed E-state index contributed by atoms with van der Waals surface area (Å²) in [4.78, 5) is 14.0. The third kappa shape index (κ3) is 3.17. The zero-order chi connectivity index (χ0) is 11.3. The van der Waals surface area contributed by atoms with Gasteiger partial charge in [0.25, 0.3) is 0 Å². The van der Waals surface area contributed by atoms with Crippen molar-refractivity contribution in [2.45, 2.75) is 33.1 Å². The van der Waals surface area contributed by atoms with Crippen molar-refractivity contribution in [2.24, 2.45) is 5.92 Å². The van der Waals surface area contributed by atoms with E-state index in [0.717, 1.165) is 16.2 Å². The molecular weight excluding hydrogens is 206 g/mol. The van der Waals surface area contributed by atoms with Crippen LogP contribution in [0.3, 0.4) is 0 Å². The highest BCUT2D eigenvalue weighted by Gasteiger charge is 2.18. The number of nitrogens with zero attached hydrogens (tertiary/aromatic N) is 1. The zero-order valence-electron chi connectivity index (χ0n) is 9.12. The number of aryl methyl sites for hydroxylation is 1. The van der Waals surface area contributed by atoms with Crippen molar-refractivity contribution in [1.82, 2.24) is 0 Å². The van der Waals surface area contributed by atoms with Crippen LogP contribution in [0.1, 0.15) is 40.7 Å². The monoisotopic (exact) mass is 221 g/mol. The molecule has 3 heteroatoms. The van der Waals surface area contributed by atoms with Crippen LogP contribution in [0.15, 0.2) is 12.1 Å². The number of nitriles is 1. The van der Waals surface area contributed by atoms with Gasteiger partial charge in [-0.1, -0.05) is 6.92 Å². The van der Waals surface area contributed by atoms with Crippen LogP contribution in [-0.4, -0.2) is 5.78 Å². The molecule has 0 aliphatic rings. The Morgan fingerprint density at radius 1 is 1.60 bits per heavy atom. The lowest BCUT2D eigenvalue weighted by Gasteiger charge is -2.09. The molecule has 0 spiro atoms. The number of hydrogen-bond donors (Lipinski definition) is 0. The van der Waals surface area contributed by atoms with Crippen LogP contribution in [0.2, 0.25) is 0 Å². The summed E-state index contributed by atoms with van der Waals surface area (Å²) in [5.41, 5.74) is 0. The first-order valence-corrected chi connectivity index (χ1v) is 5.98. The standard InChI is InChI=1S/C12H15NOS/c1-3-10(5-4-8-13)12(14)11-7-6-9(2)15-11/h6-7,10H,3-5H2,1-2H3. The fraction of sp³-hybridized carbons (Fsp3) is 0.500. The molecule has 0 aliphatic heterocycles. The predicted octanol–water partition coefficient (Wildman–Crippen LogP) is 3.57. The van der Waals surface area contributed by atoms with Crippen molar-refractivity contribution in [1.29, 1.82) is 5.26 Å². The summed E-state index contributed by atoms with van der Waals surface area (Å²) in [6.45, 7) is 4.00. The second-order valence-electron chi connectivity index (χ2n) is 3.58. The number of carbonyl (C=O) groups is 1. The highest BCUT2D eigenvalue weighted by atomic mass is 32.1. The van der Waals surface area contributed by atoms with E-state index in [1.807, 2.05) is 26.0 Å². The van der Waals surface area contributed by atoms with Crippen molar-refractivity contribution in [2.75, 3.05) is 0 Å². The molecule has 0 saturated heterocycles. The quantitative estimate of drug-likeness (QED) is 0.713. The maximum Gasteiger partial charge on any atom is 0.175 e. The summed E-state index contributed by atoms with van der Waals surface area (Å²) >= 11 is 1.54. The summed E-state index contributed by atoms with van der Waals surface area (Å²) in [7, 11) is 0. The van der Waals surface area contributed by atoms with Crippen LogP contribution >= 0.6 is 11.3 Å². The van der Waals surface area contributed by atoms with Crippen LogP contribution in [0, 0.1) is 24.2 Å². The summed E-state index contributed by atoms with van der Waals surface area (Å²) in [5.74, 6) is 0.216. The van der Waals surface area contributed by atoms with E-state index in [0.29, 0.717) is 12.8 Å². The molecule has 0 bridgehead atoms. The lowest BCUT2D eigenvalue weighted by molar-refractivity contribution is 0.0915. The topological polar surface area (TPSA) is 40.9 Å². The van der Waals surface area contributed by atoms with Crippen LogP contribution in [0.5, 0.6) is 0 Å². The van der Waals surface area contributed by atoms with Crippen molar-refractivity contribution in [3.63, 3.8) is 0 Å². The number of carbonyl (C=O) groups excluding carboxylic acids is 1. The molecule has 1 heterocycles. The minimum atomic E-state index is 0.0164. The molecule has 1 aromatic rings. The van der Waals surface area contributed by atoms with Crippen LogP contribution in [0.25, 0.3) is 0 Å². The average Bonchev–Trinajstić information content (AvgIpc) is 2.65. The van der Waals surface area contributed by atoms with E-state index in [2.05, 4.69) is 6.07 Å². The van der Waals surface area contributed by atoms with E-state index in [-0.39, 0.29) is 11.7 Å². The van der Waals surface area contributed by atoms with Gasteiger partial charge in [-0.15, -0.1) is 11.3 Å². The molecule has 0 aromatic carbocycles. The lowest BCUT2D eigenvalue weighted by Crippen LogP contribution is -2.12. The molecule has 15 heavy (non-hydrogen) atoms. The largest absolute Gasteiger partial charge is 0.293 e. The highest BCUT2D eigenvalue weighted by Crippen LogP contribution is 2.23. The zero-order valence-corrected chi connectivity index (χ0v) is 9.93. The SMILES string of the molecule is CCC(CCC#N)C(=O)c1ccc(C)s1. The van der Waals surface area contributed by atoms with Crippen molar-refractivity contribution in [3.8, 4) is 6.07 Å². The number of rotatable bonds is 5. The Morgan fingerprint density at radius 3 is 2.80 bits per heavy atom. The molecule has 0 saturated carbocycles. The summed E-state index contributed by atoms with van der Waals surface area (Å²) < 4.78 is 0. The van der Waals surface area contributed by atoms with Gasteiger partial charge < -0.3 is 0 Å². The van der Waals surface area contributed by atoms with Gasteiger partial charge in [-0.05, 0) is 31.9 Å². The Kier molecular flexibility index (Phi) is 4.51. The molecule has 2 nitrogen and oxygen atoms in total. The van der Waals surface area contributed by atoms with Gasteiger partial charge in [0.1, 0.15) is 0 Å². The Balaban J connectivity index is 2.69. The fourth-order valence-corrected chi connectivity index (χ4v) is 2.41. The van der Waals surface area contributed by atoms with Crippen LogP contribution < -0.4 is 0 Å². The molecule has 1 aromatic heterocycles. The molecule has 0 aliphatic carbocycles. The van der Waals surface area contributed by atoms with Gasteiger partial charge in [-0.2, -0.15) is 5.26 Å². The van der Waals surface area contributed by atoms with E-state index >= 15 is 0 Å². The second-order valence-corrected chi connectivity index (χ2v) is 4.86. The van der Waals surface area contributed by atoms with Gasteiger partial charge in [-0.3, -0.25) is 4.79 Å². The minimum absolute atomic E-state index is 0.0164. The summed E-state index contributed by atoms with van der Waals surface area (Å²) in [5, 5.41) is 8.51. The van der Waals surface area contributed by atoms with Crippen molar-refractivity contribution < 1.29 is 4.79 Å². The number of thiophene rings is 1. The Hall–Kier alpha value is -1.14. The summed E-state index contributed by atoms with van der Waals surface area (Å²) in [6.07, 6.45) is 1.97. The third-order valence-corrected chi connectivity index (χ3v) is 3.47. The number of ketones is 1. The first kappa shape index (κ1) is 11.9. The van der Waals surface area contributed by atoms with Gasteiger partial charge in [0, 0.05) is 17.2 Å². The van der Waals surface area contributed by atoms with E-state index in [4.69, 9.17) is 5.26 Å². The van der Waals surface area contributed by atoms with E-state index in [1.54, 1.807) is 11.3 Å². The molecule has 0 radical (unpaired) electrons. The maximum atomic E-state index is 12.0. The predicted molar refractivity (Wildman–Crippen MR) is 62.0 cm³/mol. The second kappa shape index (κ2) is 5.67. The summed E-state index contributed by atoms with van der Waals surface area (Å²) in [6, 6.07) is 5.95. The number of hydrogen-bond acceptors (Lipinski definition) is 3. The van der Waals surface area contributed by atoms with Crippen molar-refractivity contribution >= 4 is 17.1 Å². The Labute approximate surface area is 94.5 Å². The Morgan fingerprint density at radius 2 is 2.33 bits per heavy atom. The molecule has 1 rings (SSSR count). The molecule has 1 unspecified atom stereocenters. The third-order valence-electron chi connectivity index (χ3n) is 2.45. The normalized spacial score (nSPS) is 12.1. The highest BCUT2D eigenvalue weighted by molar-refractivity contribution is 7.14. The van der Waals surface area contributed by atoms with E-state index in [9.17, 15) is 4.79 Å². The average molecular weight is 221 g/mol. The first-order chi connectivity index (χ1) is 7.19. The molecule has 80 valence electrons. The number of Topliss-reactive ketones (excluding diaryl/α,β-unsaturated/α-hetero) is 1. The van der Waals surface area contributed by atoms with E-state index in [1.165, 1.54) is 0 Å². The van der Waals surface area contributed by atoms with Crippen LogP contribution in [0.4, 0.5) is 0 Å². The van der Waals surface area contributed by atoms with Gasteiger partial charge in [0.15, 0.2) is 5.78 Å². The Bertz CT molecular complexity index is 375. The van der Waals surface area contributed by atoms with Gasteiger partial charge in [-0.25, -0.2) is 0 Å². The smallest absolute Gasteiger partial charge is 0.175 e. The van der Waals surface area contributed by atoms with Gasteiger partial charge in [0.2, 0.25) is 0 Å². The van der Waals surface area contributed by atoms with Crippen molar-refractivity contribution in [3.05, 3.63) is 21.9 Å². The first-order valence-electron chi connectivity index (χ1n) is 5.16. The van der Waals surface area contributed by atoms with Crippen LogP contribution in [-0.2, 0) is 0 Å². The maximum absolute atomic E-state index is 12.0. The van der Waals surface area contributed by atoms with E-state index < -0.39 is 0 Å². The van der Waals surface area contributed by atoms with Gasteiger partial charge >= 0.3 is 0 Å². The minimum Gasteiger partial charge on any atom is -0.293 e. The molecule has 0 fully saturated rings. The molecule has 0 amide bonds. The lowest BCUT2D eigenvalue weighted by atomic mass is 9.95. The van der Waals surface area contributed by atoms with Gasteiger partial charge in [0.05, 0.1) is 10.9 Å². The molecule has 0 N–H and O–H groups in total. The fourth-order valence-electron chi connectivity index (χ4n) is 1.53. The molecule has 1 atom stereocenters. The molecular formula is C12H15NOS.